The molecular formula is C13H10N4O2S. The summed E-state index contributed by atoms with van der Waals surface area (Å²) in [6.07, 6.45) is 0. The summed E-state index contributed by atoms with van der Waals surface area (Å²) in [6, 6.07) is 8.49. The van der Waals surface area contributed by atoms with Gasteiger partial charge in [-0.05, 0) is 24.6 Å². The minimum absolute atomic E-state index is 0.139. The van der Waals surface area contributed by atoms with Crippen LogP contribution in [-0.2, 0) is 0 Å². The van der Waals surface area contributed by atoms with E-state index < -0.39 is 5.91 Å². The Morgan fingerprint density at radius 3 is 2.85 bits per heavy atom. The molecule has 6 nitrogen and oxygen atoms in total. The Kier molecular flexibility index (Phi) is 3.03. The first kappa shape index (κ1) is 12.5. The highest BCUT2D eigenvalue weighted by Gasteiger charge is 2.11. The van der Waals surface area contributed by atoms with Crippen LogP contribution >= 0.6 is 11.3 Å². The highest BCUT2D eigenvalue weighted by Crippen LogP contribution is 2.27. The number of H-pyrrole nitrogens is 1. The summed E-state index contributed by atoms with van der Waals surface area (Å²) >= 11 is 1.39. The minimum Gasteiger partial charge on any atom is -0.296 e. The molecule has 0 unspecified atom stereocenters. The SMILES string of the molecule is Cc1cccc2sc(NC(=O)c3ccc(=O)[nH]n3)nc12. The number of hydrogen-bond donors (Lipinski definition) is 2. The van der Waals surface area contributed by atoms with Crippen molar-refractivity contribution < 1.29 is 4.79 Å². The van der Waals surface area contributed by atoms with Crippen LogP contribution in [-0.4, -0.2) is 21.1 Å². The summed E-state index contributed by atoms with van der Waals surface area (Å²) in [5, 5.41) is 9.08. The number of amides is 1. The van der Waals surface area contributed by atoms with Crippen molar-refractivity contribution >= 4 is 32.6 Å². The van der Waals surface area contributed by atoms with Crippen molar-refractivity contribution in [3.63, 3.8) is 0 Å². The molecule has 0 aliphatic rings. The summed E-state index contributed by atoms with van der Waals surface area (Å²) < 4.78 is 1.01. The molecule has 0 saturated heterocycles. The van der Waals surface area contributed by atoms with E-state index in [4.69, 9.17) is 0 Å². The Balaban J connectivity index is 1.89. The molecule has 3 aromatic rings. The van der Waals surface area contributed by atoms with Gasteiger partial charge < -0.3 is 0 Å². The van der Waals surface area contributed by atoms with Gasteiger partial charge in [-0.3, -0.25) is 14.9 Å². The summed E-state index contributed by atoms with van der Waals surface area (Å²) in [4.78, 5) is 27.2. The number of para-hydroxylation sites is 1. The molecule has 0 bridgehead atoms. The molecule has 0 fully saturated rings. The molecule has 2 heterocycles. The van der Waals surface area contributed by atoms with E-state index in [1.165, 1.54) is 23.5 Å². The lowest BCUT2D eigenvalue weighted by molar-refractivity contribution is 0.102. The average Bonchev–Trinajstić information content (AvgIpc) is 2.83. The number of fused-ring (bicyclic) bond motifs is 1. The van der Waals surface area contributed by atoms with Gasteiger partial charge >= 0.3 is 0 Å². The van der Waals surface area contributed by atoms with Crippen molar-refractivity contribution in [3.8, 4) is 0 Å². The van der Waals surface area contributed by atoms with Gasteiger partial charge in [0, 0.05) is 6.07 Å². The van der Waals surface area contributed by atoms with Crippen molar-refractivity contribution in [1.82, 2.24) is 15.2 Å². The second-order valence-electron chi connectivity index (χ2n) is 4.20. The summed E-state index contributed by atoms with van der Waals surface area (Å²) in [5.74, 6) is -0.405. The van der Waals surface area contributed by atoms with Gasteiger partial charge in [-0.25, -0.2) is 10.1 Å². The number of carbonyl (C=O) groups is 1. The van der Waals surface area contributed by atoms with Gasteiger partial charge in [0.25, 0.3) is 11.5 Å². The van der Waals surface area contributed by atoms with Gasteiger partial charge in [0.15, 0.2) is 5.13 Å². The third-order valence-corrected chi connectivity index (χ3v) is 3.69. The average molecular weight is 286 g/mol. The van der Waals surface area contributed by atoms with E-state index in [2.05, 4.69) is 20.5 Å². The fourth-order valence-electron chi connectivity index (χ4n) is 1.77. The van der Waals surface area contributed by atoms with Crippen LogP contribution in [0.2, 0.25) is 0 Å². The van der Waals surface area contributed by atoms with Crippen LogP contribution in [0.1, 0.15) is 16.1 Å². The molecule has 0 aliphatic heterocycles. The predicted molar refractivity (Wildman–Crippen MR) is 77.2 cm³/mol. The van der Waals surface area contributed by atoms with Gasteiger partial charge in [0.05, 0.1) is 10.2 Å². The zero-order chi connectivity index (χ0) is 14.1. The minimum atomic E-state index is -0.405. The van der Waals surface area contributed by atoms with E-state index in [9.17, 15) is 9.59 Å². The molecular weight excluding hydrogens is 276 g/mol. The summed E-state index contributed by atoms with van der Waals surface area (Å²) in [7, 11) is 0. The number of thiazole rings is 1. The van der Waals surface area contributed by atoms with Crippen molar-refractivity contribution in [2.75, 3.05) is 5.32 Å². The molecule has 100 valence electrons. The van der Waals surface area contributed by atoms with Crippen LogP contribution in [0.4, 0.5) is 5.13 Å². The molecule has 20 heavy (non-hydrogen) atoms. The molecule has 0 saturated carbocycles. The van der Waals surface area contributed by atoms with Gasteiger partial charge in [-0.2, -0.15) is 5.10 Å². The molecule has 1 aromatic carbocycles. The number of nitrogens with zero attached hydrogens (tertiary/aromatic N) is 2. The lowest BCUT2D eigenvalue weighted by Gasteiger charge is -1.98. The smallest absolute Gasteiger partial charge is 0.277 e. The third kappa shape index (κ3) is 2.30. The number of rotatable bonds is 2. The van der Waals surface area contributed by atoms with Gasteiger partial charge in [0.2, 0.25) is 0 Å². The molecule has 2 aromatic heterocycles. The van der Waals surface area contributed by atoms with E-state index in [1.807, 2.05) is 25.1 Å². The normalized spacial score (nSPS) is 10.7. The number of nitrogens with one attached hydrogen (secondary N) is 2. The second kappa shape index (κ2) is 4.86. The number of aromatic nitrogens is 3. The van der Waals surface area contributed by atoms with Crippen molar-refractivity contribution in [2.24, 2.45) is 0 Å². The van der Waals surface area contributed by atoms with E-state index >= 15 is 0 Å². The van der Waals surface area contributed by atoms with Crippen LogP contribution in [0.3, 0.4) is 0 Å². The van der Waals surface area contributed by atoms with Crippen LogP contribution in [0.15, 0.2) is 35.1 Å². The Bertz CT molecular complexity index is 832. The number of hydrogen-bond acceptors (Lipinski definition) is 5. The maximum Gasteiger partial charge on any atom is 0.277 e. The summed E-state index contributed by atoms with van der Waals surface area (Å²) in [6.45, 7) is 1.97. The first-order chi connectivity index (χ1) is 9.63. The Morgan fingerprint density at radius 1 is 1.30 bits per heavy atom. The maximum atomic E-state index is 12.0. The van der Waals surface area contributed by atoms with E-state index in [1.54, 1.807) is 0 Å². The highest BCUT2D eigenvalue weighted by atomic mass is 32.1. The van der Waals surface area contributed by atoms with E-state index in [-0.39, 0.29) is 11.3 Å². The highest BCUT2D eigenvalue weighted by molar-refractivity contribution is 7.22. The molecule has 0 radical (unpaired) electrons. The van der Waals surface area contributed by atoms with E-state index in [0.717, 1.165) is 15.8 Å². The molecule has 2 N–H and O–H groups in total. The lowest BCUT2D eigenvalue weighted by atomic mass is 10.2. The Morgan fingerprint density at radius 2 is 2.15 bits per heavy atom. The van der Waals surface area contributed by atoms with Crippen LogP contribution in [0.5, 0.6) is 0 Å². The molecule has 0 aliphatic carbocycles. The van der Waals surface area contributed by atoms with Gasteiger partial charge in [-0.1, -0.05) is 23.5 Å². The number of aromatic amines is 1. The van der Waals surface area contributed by atoms with Crippen LogP contribution < -0.4 is 10.9 Å². The number of benzene rings is 1. The number of aryl methyl sites for hydroxylation is 1. The predicted octanol–water partition coefficient (Wildman–Crippen LogP) is 1.94. The van der Waals surface area contributed by atoms with E-state index in [0.29, 0.717) is 5.13 Å². The first-order valence-electron chi connectivity index (χ1n) is 5.87. The quantitative estimate of drug-likeness (QED) is 0.753. The number of anilines is 1. The Labute approximate surface area is 117 Å². The zero-order valence-electron chi connectivity index (χ0n) is 10.5. The van der Waals surface area contributed by atoms with Crippen LogP contribution in [0, 0.1) is 6.92 Å². The van der Waals surface area contributed by atoms with Gasteiger partial charge in [-0.15, -0.1) is 0 Å². The molecule has 0 atom stereocenters. The first-order valence-corrected chi connectivity index (χ1v) is 6.68. The maximum absolute atomic E-state index is 12.0. The monoisotopic (exact) mass is 286 g/mol. The molecule has 0 spiro atoms. The topological polar surface area (TPSA) is 87.7 Å². The van der Waals surface area contributed by atoms with Crippen LogP contribution in [0.25, 0.3) is 10.2 Å². The number of carbonyl (C=O) groups excluding carboxylic acids is 1. The van der Waals surface area contributed by atoms with Crippen molar-refractivity contribution in [1.29, 1.82) is 0 Å². The van der Waals surface area contributed by atoms with Crippen molar-refractivity contribution in [2.45, 2.75) is 6.92 Å². The fourth-order valence-corrected chi connectivity index (χ4v) is 2.71. The molecule has 7 heteroatoms. The Hall–Kier alpha value is -2.54. The lowest BCUT2D eigenvalue weighted by Crippen LogP contribution is -2.17. The van der Waals surface area contributed by atoms with Gasteiger partial charge in [0.1, 0.15) is 5.69 Å². The van der Waals surface area contributed by atoms with Crippen molar-refractivity contribution in [3.05, 3.63) is 51.9 Å². The molecule has 3 rings (SSSR count). The second-order valence-corrected chi connectivity index (χ2v) is 5.23. The zero-order valence-corrected chi connectivity index (χ0v) is 11.3. The third-order valence-electron chi connectivity index (χ3n) is 2.75. The summed E-state index contributed by atoms with van der Waals surface area (Å²) in [5.41, 5.74) is 1.72. The largest absolute Gasteiger partial charge is 0.296 e. The fraction of sp³-hybridized carbons (Fsp3) is 0.0769. The standard InChI is InChI=1S/C13H10N4O2S/c1-7-3-2-4-9-11(7)14-13(20-9)15-12(19)8-5-6-10(18)17-16-8/h2-6H,1H3,(H,17,18)(H,14,15,19). The molecule has 1 amide bonds.